The van der Waals surface area contributed by atoms with Crippen molar-refractivity contribution in [2.45, 2.75) is 40.0 Å². The van der Waals surface area contributed by atoms with Crippen molar-refractivity contribution in [2.75, 3.05) is 19.7 Å². The fourth-order valence-corrected chi connectivity index (χ4v) is 1.24. The van der Waals surface area contributed by atoms with Gasteiger partial charge in [-0.25, -0.2) is 0 Å². The summed E-state index contributed by atoms with van der Waals surface area (Å²) in [4.78, 5) is 0. The number of allylic oxidation sites excluding steroid dienone is 3. The molecule has 0 aliphatic rings. The number of aliphatic hydroxyl groups is 1. The second-order valence-corrected chi connectivity index (χ2v) is 4.15. The van der Waals surface area contributed by atoms with Crippen molar-refractivity contribution < 1.29 is 5.11 Å². The van der Waals surface area contributed by atoms with Gasteiger partial charge in [-0.15, -0.1) is 0 Å². The molecule has 0 rings (SSSR count). The van der Waals surface area contributed by atoms with Crippen LogP contribution in [-0.4, -0.2) is 24.8 Å². The Balaban J connectivity index is 3.48. The summed E-state index contributed by atoms with van der Waals surface area (Å²) >= 11 is 0. The van der Waals surface area contributed by atoms with Gasteiger partial charge in [0.05, 0.1) is 0 Å². The third-order valence-corrected chi connectivity index (χ3v) is 2.20. The molecular weight excluding hydrogens is 186 g/mol. The first-order chi connectivity index (χ1) is 7.16. The molecule has 0 aromatic carbocycles. The van der Waals surface area contributed by atoms with Gasteiger partial charge in [-0.2, -0.15) is 0 Å². The highest BCUT2D eigenvalue weighted by Gasteiger charge is 1.89. The van der Waals surface area contributed by atoms with E-state index < -0.39 is 0 Å². The Morgan fingerprint density at radius 1 is 1.20 bits per heavy atom. The quantitative estimate of drug-likeness (QED) is 0.478. The summed E-state index contributed by atoms with van der Waals surface area (Å²) in [6, 6.07) is 0. The van der Waals surface area contributed by atoms with Crippen molar-refractivity contribution in [1.82, 2.24) is 5.32 Å². The van der Waals surface area contributed by atoms with Crippen LogP contribution in [0.4, 0.5) is 0 Å². The second-order valence-electron chi connectivity index (χ2n) is 4.15. The summed E-state index contributed by atoms with van der Waals surface area (Å²) in [5, 5.41) is 11.8. The van der Waals surface area contributed by atoms with Gasteiger partial charge in [0, 0.05) is 13.2 Å². The van der Waals surface area contributed by atoms with Crippen molar-refractivity contribution in [3.05, 3.63) is 23.3 Å². The Kier molecular flexibility index (Phi) is 9.54. The lowest BCUT2D eigenvalue weighted by Crippen LogP contribution is -2.16. The van der Waals surface area contributed by atoms with Crippen LogP contribution in [0.5, 0.6) is 0 Å². The first-order valence-electron chi connectivity index (χ1n) is 5.77. The second kappa shape index (κ2) is 9.94. The van der Waals surface area contributed by atoms with Crippen LogP contribution < -0.4 is 5.32 Å². The molecule has 2 nitrogen and oxygen atoms in total. The first-order valence-corrected chi connectivity index (χ1v) is 5.77. The van der Waals surface area contributed by atoms with Crippen molar-refractivity contribution in [1.29, 1.82) is 0 Å². The fourth-order valence-electron chi connectivity index (χ4n) is 1.24. The largest absolute Gasteiger partial charge is 0.396 e. The standard InChI is InChI=1S/C13H25NO/c1-12(2)6-4-7-13(3)8-10-14-9-5-11-15/h6,8,14-15H,4-5,7,9-11H2,1-3H3/b13-8+. The number of nitrogens with one attached hydrogen (secondary N) is 1. The van der Waals surface area contributed by atoms with E-state index in [2.05, 4.69) is 38.2 Å². The molecule has 0 aliphatic carbocycles. The summed E-state index contributed by atoms with van der Waals surface area (Å²) in [7, 11) is 0. The van der Waals surface area contributed by atoms with Crippen LogP contribution in [0.2, 0.25) is 0 Å². The SMILES string of the molecule is CC(C)=CCC/C(C)=C/CNCCCO. The van der Waals surface area contributed by atoms with Crippen LogP contribution in [0.3, 0.4) is 0 Å². The average Bonchev–Trinajstić information content (AvgIpc) is 2.17. The molecule has 0 aromatic heterocycles. The van der Waals surface area contributed by atoms with Crippen LogP contribution in [0, 0.1) is 0 Å². The van der Waals surface area contributed by atoms with Gasteiger partial charge in [-0.3, -0.25) is 0 Å². The Morgan fingerprint density at radius 3 is 2.53 bits per heavy atom. The molecule has 2 heteroatoms. The molecule has 0 unspecified atom stereocenters. The van der Waals surface area contributed by atoms with Crippen molar-refractivity contribution in [3.8, 4) is 0 Å². The lowest BCUT2D eigenvalue weighted by Gasteiger charge is -2.01. The molecule has 0 fully saturated rings. The Hall–Kier alpha value is -0.600. The van der Waals surface area contributed by atoms with Crippen LogP contribution >= 0.6 is 0 Å². The van der Waals surface area contributed by atoms with Crippen molar-refractivity contribution in [3.63, 3.8) is 0 Å². The zero-order valence-electron chi connectivity index (χ0n) is 10.3. The maximum atomic E-state index is 8.58. The molecule has 0 saturated heterocycles. The fraction of sp³-hybridized carbons (Fsp3) is 0.692. The van der Waals surface area contributed by atoms with E-state index in [1.807, 2.05) is 0 Å². The summed E-state index contributed by atoms with van der Waals surface area (Å²) in [5.41, 5.74) is 2.83. The molecular formula is C13H25NO. The van der Waals surface area contributed by atoms with Gasteiger partial charge < -0.3 is 10.4 Å². The highest BCUT2D eigenvalue weighted by molar-refractivity contribution is 5.02. The normalized spacial score (nSPS) is 11.6. The predicted octanol–water partition coefficient (Wildman–Crippen LogP) is 2.65. The van der Waals surface area contributed by atoms with Crippen LogP contribution in [0.25, 0.3) is 0 Å². The summed E-state index contributed by atoms with van der Waals surface area (Å²) < 4.78 is 0. The minimum absolute atomic E-state index is 0.274. The Bertz CT molecular complexity index is 203. The van der Waals surface area contributed by atoms with Gasteiger partial charge in [-0.1, -0.05) is 23.3 Å². The van der Waals surface area contributed by atoms with E-state index in [0.29, 0.717) is 0 Å². The summed E-state index contributed by atoms with van der Waals surface area (Å²) in [6.07, 6.45) is 7.63. The lowest BCUT2D eigenvalue weighted by atomic mass is 10.1. The highest BCUT2D eigenvalue weighted by atomic mass is 16.3. The topological polar surface area (TPSA) is 32.3 Å². The van der Waals surface area contributed by atoms with E-state index in [0.717, 1.165) is 32.4 Å². The van der Waals surface area contributed by atoms with Gasteiger partial charge in [-0.05, 0) is 46.6 Å². The monoisotopic (exact) mass is 211 g/mol. The molecule has 0 atom stereocenters. The van der Waals surface area contributed by atoms with Crippen LogP contribution in [0.1, 0.15) is 40.0 Å². The minimum Gasteiger partial charge on any atom is -0.396 e. The van der Waals surface area contributed by atoms with Gasteiger partial charge >= 0.3 is 0 Å². The predicted molar refractivity (Wildman–Crippen MR) is 67.0 cm³/mol. The smallest absolute Gasteiger partial charge is 0.0443 e. The van der Waals surface area contributed by atoms with Gasteiger partial charge in [0.2, 0.25) is 0 Å². The Labute approximate surface area is 94.1 Å². The third-order valence-electron chi connectivity index (χ3n) is 2.20. The molecule has 0 bridgehead atoms. The van der Waals surface area contributed by atoms with E-state index in [1.165, 1.54) is 11.1 Å². The zero-order valence-corrected chi connectivity index (χ0v) is 10.3. The van der Waals surface area contributed by atoms with E-state index in [9.17, 15) is 0 Å². The Morgan fingerprint density at radius 2 is 1.93 bits per heavy atom. The number of aliphatic hydroxyl groups excluding tert-OH is 1. The average molecular weight is 211 g/mol. The van der Waals surface area contributed by atoms with Gasteiger partial charge in [0.1, 0.15) is 0 Å². The lowest BCUT2D eigenvalue weighted by molar-refractivity contribution is 0.287. The van der Waals surface area contributed by atoms with E-state index >= 15 is 0 Å². The molecule has 2 N–H and O–H groups in total. The van der Waals surface area contributed by atoms with Crippen LogP contribution in [-0.2, 0) is 0 Å². The molecule has 0 heterocycles. The summed E-state index contributed by atoms with van der Waals surface area (Å²) in [5.74, 6) is 0. The molecule has 0 saturated carbocycles. The van der Waals surface area contributed by atoms with Crippen molar-refractivity contribution in [2.24, 2.45) is 0 Å². The highest BCUT2D eigenvalue weighted by Crippen LogP contribution is 2.05. The van der Waals surface area contributed by atoms with E-state index in [4.69, 9.17) is 5.11 Å². The molecule has 15 heavy (non-hydrogen) atoms. The van der Waals surface area contributed by atoms with E-state index in [-0.39, 0.29) is 6.61 Å². The van der Waals surface area contributed by atoms with E-state index in [1.54, 1.807) is 0 Å². The van der Waals surface area contributed by atoms with Gasteiger partial charge in [0.25, 0.3) is 0 Å². The van der Waals surface area contributed by atoms with Crippen LogP contribution in [0.15, 0.2) is 23.3 Å². The van der Waals surface area contributed by atoms with Gasteiger partial charge in [0.15, 0.2) is 0 Å². The number of hydrogen-bond acceptors (Lipinski definition) is 2. The van der Waals surface area contributed by atoms with Crippen molar-refractivity contribution >= 4 is 0 Å². The zero-order chi connectivity index (χ0) is 11.5. The molecule has 0 spiro atoms. The first kappa shape index (κ1) is 14.4. The molecule has 0 aromatic rings. The summed E-state index contributed by atoms with van der Waals surface area (Å²) in [6.45, 7) is 8.53. The molecule has 0 radical (unpaired) electrons. The molecule has 0 aliphatic heterocycles. The maximum Gasteiger partial charge on any atom is 0.0443 e. The number of rotatable bonds is 8. The minimum atomic E-state index is 0.274. The third kappa shape index (κ3) is 11.3. The number of hydrogen-bond donors (Lipinski definition) is 2. The maximum absolute atomic E-state index is 8.58. The molecule has 88 valence electrons. The molecule has 0 amide bonds.